The van der Waals surface area contributed by atoms with Crippen molar-refractivity contribution in [1.29, 1.82) is 0 Å². The van der Waals surface area contributed by atoms with Crippen LogP contribution in [0.15, 0.2) is 28.7 Å². The third-order valence-corrected chi connectivity index (χ3v) is 3.66. The maximum Gasteiger partial charge on any atom is 0.274 e. The minimum Gasteiger partial charge on any atom is -0.370 e. The monoisotopic (exact) mass is 362 g/mol. The molecule has 116 valence electrons. The van der Waals surface area contributed by atoms with Crippen molar-refractivity contribution >= 4 is 33.3 Å². The van der Waals surface area contributed by atoms with Crippen LogP contribution >= 0.6 is 15.9 Å². The second kappa shape index (κ2) is 7.35. The number of aromatic nitrogens is 2. The van der Waals surface area contributed by atoms with Crippen LogP contribution < -0.4 is 10.6 Å². The molecule has 6 heteroatoms. The number of nitrogens with one attached hydrogen (secondary N) is 2. The molecule has 1 heterocycles. The van der Waals surface area contributed by atoms with Crippen LogP contribution in [0.2, 0.25) is 0 Å². The van der Waals surface area contributed by atoms with Gasteiger partial charge < -0.3 is 10.6 Å². The maximum absolute atomic E-state index is 12.4. The van der Waals surface area contributed by atoms with E-state index in [9.17, 15) is 4.79 Å². The number of anilines is 2. The normalized spacial score (nSPS) is 10.4. The zero-order chi connectivity index (χ0) is 16.1. The van der Waals surface area contributed by atoms with E-state index in [2.05, 4.69) is 43.5 Å². The zero-order valence-corrected chi connectivity index (χ0v) is 14.5. The molecule has 0 saturated heterocycles. The van der Waals surface area contributed by atoms with E-state index >= 15 is 0 Å². The van der Waals surface area contributed by atoms with E-state index in [0.717, 1.165) is 28.7 Å². The van der Waals surface area contributed by atoms with E-state index in [0.29, 0.717) is 17.3 Å². The highest BCUT2D eigenvalue weighted by molar-refractivity contribution is 9.10. The van der Waals surface area contributed by atoms with Crippen LogP contribution in [0.4, 0.5) is 11.5 Å². The molecule has 0 aliphatic heterocycles. The summed E-state index contributed by atoms with van der Waals surface area (Å²) in [5, 5.41) is 6.03. The quantitative estimate of drug-likeness (QED) is 0.845. The lowest BCUT2D eigenvalue weighted by atomic mass is 10.2. The van der Waals surface area contributed by atoms with E-state index in [1.165, 1.54) is 0 Å². The third kappa shape index (κ3) is 4.27. The first-order valence-electron chi connectivity index (χ1n) is 7.16. The Bertz CT molecular complexity index is 688. The molecule has 5 nitrogen and oxygen atoms in total. The number of carbonyl (C=O) groups excluding carboxylic acids is 1. The number of hydrogen-bond acceptors (Lipinski definition) is 4. The standard InChI is InChI=1S/C16H19BrN4O/c1-4-7-18-15-9-14(19-11(3)20-15)16(22)21-13-6-5-10(2)8-12(13)17/h5-6,8-9H,4,7H2,1-3H3,(H,21,22)(H,18,19,20). The Balaban J connectivity index is 2.20. The van der Waals surface area contributed by atoms with Gasteiger partial charge in [-0.15, -0.1) is 0 Å². The fourth-order valence-electron chi connectivity index (χ4n) is 1.94. The molecule has 0 aliphatic carbocycles. The molecule has 0 fully saturated rings. The van der Waals surface area contributed by atoms with E-state index in [-0.39, 0.29) is 5.91 Å². The number of rotatable bonds is 5. The molecule has 0 unspecified atom stereocenters. The lowest BCUT2D eigenvalue weighted by molar-refractivity contribution is 0.102. The predicted octanol–water partition coefficient (Wildman–Crippen LogP) is 3.93. The molecular formula is C16H19BrN4O. The summed E-state index contributed by atoms with van der Waals surface area (Å²) in [6, 6.07) is 7.43. The average Bonchev–Trinajstić information content (AvgIpc) is 2.47. The number of amides is 1. The van der Waals surface area contributed by atoms with Crippen LogP contribution in [0.3, 0.4) is 0 Å². The van der Waals surface area contributed by atoms with Gasteiger partial charge in [0, 0.05) is 17.1 Å². The van der Waals surface area contributed by atoms with Crippen molar-refractivity contribution in [2.45, 2.75) is 27.2 Å². The Kier molecular flexibility index (Phi) is 5.49. The first-order valence-corrected chi connectivity index (χ1v) is 7.96. The molecule has 2 N–H and O–H groups in total. The highest BCUT2D eigenvalue weighted by Gasteiger charge is 2.12. The molecule has 2 rings (SSSR count). The van der Waals surface area contributed by atoms with E-state index < -0.39 is 0 Å². The molecule has 2 aromatic rings. The second-order valence-electron chi connectivity index (χ2n) is 5.05. The second-order valence-corrected chi connectivity index (χ2v) is 5.90. The molecule has 0 saturated carbocycles. The third-order valence-electron chi connectivity index (χ3n) is 3.00. The van der Waals surface area contributed by atoms with Crippen LogP contribution in [0.1, 0.15) is 35.2 Å². The minimum atomic E-state index is -0.255. The van der Waals surface area contributed by atoms with Crippen molar-refractivity contribution in [2.24, 2.45) is 0 Å². The van der Waals surface area contributed by atoms with Crippen molar-refractivity contribution in [3.8, 4) is 0 Å². The fraction of sp³-hybridized carbons (Fsp3) is 0.312. The van der Waals surface area contributed by atoms with Gasteiger partial charge in [-0.05, 0) is 53.9 Å². The first-order chi connectivity index (χ1) is 10.5. The number of halogens is 1. The summed E-state index contributed by atoms with van der Waals surface area (Å²) in [4.78, 5) is 20.9. The van der Waals surface area contributed by atoms with E-state index in [4.69, 9.17) is 0 Å². The van der Waals surface area contributed by atoms with Crippen LogP contribution in [-0.4, -0.2) is 22.4 Å². The average molecular weight is 363 g/mol. The smallest absolute Gasteiger partial charge is 0.274 e. The summed E-state index contributed by atoms with van der Waals surface area (Å²) < 4.78 is 0.843. The Morgan fingerprint density at radius 2 is 2.00 bits per heavy atom. The molecule has 0 aliphatic rings. The largest absolute Gasteiger partial charge is 0.370 e. The van der Waals surface area contributed by atoms with Gasteiger partial charge in [0.15, 0.2) is 0 Å². The van der Waals surface area contributed by atoms with Gasteiger partial charge in [0.2, 0.25) is 0 Å². The van der Waals surface area contributed by atoms with Gasteiger partial charge in [0.05, 0.1) is 5.69 Å². The number of aryl methyl sites for hydroxylation is 2. The summed E-state index contributed by atoms with van der Waals surface area (Å²) in [6.07, 6.45) is 0.987. The molecule has 0 radical (unpaired) electrons. The molecule has 1 aromatic heterocycles. The summed E-state index contributed by atoms with van der Waals surface area (Å²) in [5.41, 5.74) is 2.18. The molecule has 0 bridgehead atoms. The topological polar surface area (TPSA) is 66.9 Å². The molecule has 0 atom stereocenters. The van der Waals surface area contributed by atoms with Crippen molar-refractivity contribution in [1.82, 2.24) is 9.97 Å². The van der Waals surface area contributed by atoms with Crippen molar-refractivity contribution < 1.29 is 4.79 Å². The number of benzene rings is 1. The highest BCUT2D eigenvalue weighted by Crippen LogP contribution is 2.24. The zero-order valence-electron chi connectivity index (χ0n) is 12.9. The molecule has 0 spiro atoms. The maximum atomic E-state index is 12.4. The van der Waals surface area contributed by atoms with Crippen molar-refractivity contribution in [3.05, 3.63) is 45.8 Å². The van der Waals surface area contributed by atoms with Gasteiger partial charge in [-0.1, -0.05) is 13.0 Å². The Labute approximate surface area is 138 Å². The molecular weight excluding hydrogens is 344 g/mol. The van der Waals surface area contributed by atoms with Gasteiger partial charge in [-0.2, -0.15) is 0 Å². The number of hydrogen-bond donors (Lipinski definition) is 2. The van der Waals surface area contributed by atoms with Crippen LogP contribution in [0.25, 0.3) is 0 Å². The lowest BCUT2D eigenvalue weighted by Crippen LogP contribution is -2.16. The van der Waals surface area contributed by atoms with Gasteiger partial charge in [0.25, 0.3) is 5.91 Å². The molecule has 22 heavy (non-hydrogen) atoms. The molecule has 1 amide bonds. The van der Waals surface area contributed by atoms with Gasteiger partial charge in [0.1, 0.15) is 17.3 Å². The van der Waals surface area contributed by atoms with Crippen LogP contribution in [-0.2, 0) is 0 Å². The van der Waals surface area contributed by atoms with Gasteiger partial charge >= 0.3 is 0 Å². The van der Waals surface area contributed by atoms with Gasteiger partial charge in [-0.25, -0.2) is 9.97 Å². The van der Waals surface area contributed by atoms with Crippen molar-refractivity contribution in [3.63, 3.8) is 0 Å². The summed E-state index contributed by atoms with van der Waals surface area (Å²) in [6.45, 7) is 6.65. The first kappa shape index (κ1) is 16.4. The Morgan fingerprint density at radius 3 is 2.68 bits per heavy atom. The minimum absolute atomic E-state index is 0.255. The Morgan fingerprint density at radius 1 is 1.23 bits per heavy atom. The fourth-order valence-corrected chi connectivity index (χ4v) is 2.53. The number of carbonyl (C=O) groups is 1. The summed E-state index contributed by atoms with van der Waals surface area (Å²) >= 11 is 3.45. The van der Waals surface area contributed by atoms with E-state index in [1.807, 2.05) is 25.1 Å². The lowest BCUT2D eigenvalue weighted by Gasteiger charge is -2.10. The van der Waals surface area contributed by atoms with Crippen molar-refractivity contribution in [2.75, 3.05) is 17.2 Å². The predicted molar refractivity (Wildman–Crippen MR) is 92.4 cm³/mol. The van der Waals surface area contributed by atoms with E-state index in [1.54, 1.807) is 13.0 Å². The van der Waals surface area contributed by atoms with Gasteiger partial charge in [-0.3, -0.25) is 4.79 Å². The molecule has 1 aromatic carbocycles. The highest BCUT2D eigenvalue weighted by atomic mass is 79.9. The number of nitrogens with zero attached hydrogens (tertiary/aromatic N) is 2. The Hall–Kier alpha value is -1.95. The summed E-state index contributed by atoms with van der Waals surface area (Å²) in [7, 11) is 0. The van der Waals surface area contributed by atoms with Crippen LogP contribution in [0.5, 0.6) is 0 Å². The SMILES string of the molecule is CCCNc1cc(C(=O)Nc2ccc(C)cc2Br)nc(C)n1. The summed E-state index contributed by atoms with van der Waals surface area (Å²) in [5.74, 6) is 0.978. The van der Waals surface area contributed by atoms with Crippen LogP contribution in [0, 0.1) is 13.8 Å².